The van der Waals surface area contributed by atoms with Crippen molar-refractivity contribution in [3.05, 3.63) is 29.0 Å². The number of ether oxygens (including phenoxy) is 1. The van der Waals surface area contributed by atoms with Crippen molar-refractivity contribution in [2.45, 2.75) is 19.4 Å². The maximum absolute atomic E-state index is 5.49. The van der Waals surface area contributed by atoms with Gasteiger partial charge in [-0.1, -0.05) is 0 Å². The average molecular weight is 302 g/mol. The SMILES string of the molecule is Cc1nn(C)c(N2CCOCC2)c1[C@@H]1NCCc2[nH]cnc21. The lowest BCUT2D eigenvalue weighted by atomic mass is 9.97. The van der Waals surface area contributed by atoms with E-state index in [2.05, 4.69) is 32.2 Å². The van der Waals surface area contributed by atoms with Gasteiger partial charge in [0.25, 0.3) is 0 Å². The summed E-state index contributed by atoms with van der Waals surface area (Å²) in [5.74, 6) is 1.19. The lowest BCUT2D eigenvalue weighted by molar-refractivity contribution is 0.122. The van der Waals surface area contributed by atoms with Crippen molar-refractivity contribution < 1.29 is 4.74 Å². The molecule has 0 amide bonds. The third-order valence-electron chi connectivity index (χ3n) is 4.59. The molecule has 0 radical (unpaired) electrons. The van der Waals surface area contributed by atoms with Gasteiger partial charge < -0.3 is 19.9 Å². The summed E-state index contributed by atoms with van der Waals surface area (Å²) < 4.78 is 7.49. The monoisotopic (exact) mass is 302 g/mol. The second-order valence-corrected chi connectivity index (χ2v) is 5.95. The zero-order chi connectivity index (χ0) is 15.1. The van der Waals surface area contributed by atoms with Crippen LogP contribution in [0.3, 0.4) is 0 Å². The smallest absolute Gasteiger partial charge is 0.132 e. The number of H-pyrrole nitrogens is 1. The normalized spacial score (nSPS) is 21.9. The highest BCUT2D eigenvalue weighted by atomic mass is 16.5. The van der Waals surface area contributed by atoms with Gasteiger partial charge in [-0.25, -0.2) is 4.98 Å². The van der Waals surface area contributed by atoms with Crippen molar-refractivity contribution >= 4 is 5.82 Å². The summed E-state index contributed by atoms with van der Waals surface area (Å²) >= 11 is 0. The van der Waals surface area contributed by atoms with Crippen molar-refractivity contribution in [2.24, 2.45) is 7.05 Å². The quantitative estimate of drug-likeness (QED) is 0.846. The summed E-state index contributed by atoms with van der Waals surface area (Å²) in [6.07, 6.45) is 2.79. The minimum atomic E-state index is 0.113. The first-order valence-electron chi connectivity index (χ1n) is 7.87. The second-order valence-electron chi connectivity index (χ2n) is 5.95. The van der Waals surface area contributed by atoms with E-state index in [0.29, 0.717) is 0 Å². The third kappa shape index (κ3) is 2.12. The standard InChI is InChI=1S/C15H22N6O/c1-10-12(14-13-11(3-4-16-14)17-9-18-13)15(20(2)19-10)21-5-7-22-8-6-21/h9,14,16H,3-8H2,1-2H3,(H,17,18)/t14-/m0/s1. The predicted molar refractivity (Wildman–Crippen MR) is 83.1 cm³/mol. The zero-order valence-corrected chi connectivity index (χ0v) is 13.1. The maximum atomic E-state index is 5.49. The van der Waals surface area contributed by atoms with E-state index in [9.17, 15) is 0 Å². The summed E-state index contributed by atoms with van der Waals surface area (Å²) in [5.41, 5.74) is 4.66. The summed E-state index contributed by atoms with van der Waals surface area (Å²) in [7, 11) is 2.02. The Morgan fingerprint density at radius 2 is 2.14 bits per heavy atom. The minimum absolute atomic E-state index is 0.113. The molecule has 2 aliphatic heterocycles. The van der Waals surface area contributed by atoms with E-state index >= 15 is 0 Å². The first-order valence-corrected chi connectivity index (χ1v) is 7.87. The highest BCUT2D eigenvalue weighted by molar-refractivity contribution is 5.55. The Bertz CT molecular complexity index is 670. The molecular formula is C15H22N6O. The van der Waals surface area contributed by atoms with E-state index < -0.39 is 0 Å². The number of anilines is 1. The number of nitrogens with zero attached hydrogens (tertiary/aromatic N) is 4. The van der Waals surface area contributed by atoms with E-state index in [0.717, 1.165) is 50.7 Å². The molecule has 2 aliphatic rings. The van der Waals surface area contributed by atoms with Gasteiger partial charge in [0.2, 0.25) is 0 Å². The molecule has 0 unspecified atom stereocenters. The molecular weight excluding hydrogens is 280 g/mol. The molecule has 4 rings (SSSR count). The Morgan fingerprint density at radius 1 is 1.32 bits per heavy atom. The van der Waals surface area contributed by atoms with Gasteiger partial charge in [0.15, 0.2) is 0 Å². The molecule has 0 aromatic carbocycles. The highest BCUT2D eigenvalue weighted by Gasteiger charge is 2.32. The molecule has 0 spiro atoms. The predicted octanol–water partition coefficient (Wildman–Crippen LogP) is 0.523. The number of hydrogen-bond donors (Lipinski definition) is 2. The van der Waals surface area contributed by atoms with Crippen LogP contribution in [0.1, 0.15) is 28.7 Å². The Hall–Kier alpha value is -1.86. The number of rotatable bonds is 2. The van der Waals surface area contributed by atoms with E-state index in [4.69, 9.17) is 4.74 Å². The maximum Gasteiger partial charge on any atom is 0.132 e. The fourth-order valence-corrected chi connectivity index (χ4v) is 3.61. The Labute approximate surface area is 129 Å². The molecule has 1 atom stereocenters. The summed E-state index contributed by atoms with van der Waals surface area (Å²) in [5, 5.41) is 8.29. The molecule has 2 N–H and O–H groups in total. The zero-order valence-electron chi connectivity index (χ0n) is 13.1. The van der Waals surface area contributed by atoms with Crippen LogP contribution in [0.25, 0.3) is 0 Å². The number of nitrogens with one attached hydrogen (secondary N) is 2. The van der Waals surface area contributed by atoms with Gasteiger partial charge in [0.1, 0.15) is 5.82 Å². The van der Waals surface area contributed by atoms with E-state index in [1.807, 2.05) is 11.7 Å². The van der Waals surface area contributed by atoms with Crippen molar-refractivity contribution in [3.63, 3.8) is 0 Å². The van der Waals surface area contributed by atoms with Crippen molar-refractivity contribution in [2.75, 3.05) is 37.7 Å². The first kappa shape index (κ1) is 13.8. The van der Waals surface area contributed by atoms with Gasteiger partial charge >= 0.3 is 0 Å². The summed E-state index contributed by atoms with van der Waals surface area (Å²) in [6.45, 7) is 6.40. The molecule has 1 fully saturated rings. The summed E-state index contributed by atoms with van der Waals surface area (Å²) in [6, 6.07) is 0.113. The van der Waals surface area contributed by atoms with Gasteiger partial charge in [0.05, 0.1) is 37.0 Å². The largest absolute Gasteiger partial charge is 0.378 e. The van der Waals surface area contributed by atoms with Crippen molar-refractivity contribution in [1.29, 1.82) is 0 Å². The average Bonchev–Trinajstić information content (AvgIpc) is 3.12. The fourth-order valence-electron chi connectivity index (χ4n) is 3.61. The van der Waals surface area contributed by atoms with Crippen LogP contribution >= 0.6 is 0 Å². The molecule has 0 saturated carbocycles. The van der Waals surface area contributed by atoms with Crippen LogP contribution in [0.2, 0.25) is 0 Å². The molecule has 7 heteroatoms. The third-order valence-corrected chi connectivity index (χ3v) is 4.59. The van der Waals surface area contributed by atoms with Crippen LogP contribution in [0.15, 0.2) is 6.33 Å². The van der Waals surface area contributed by atoms with E-state index in [1.165, 1.54) is 17.1 Å². The number of aryl methyl sites for hydroxylation is 2. The van der Waals surface area contributed by atoms with Crippen LogP contribution in [-0.2, 0) is 18.2 Å². The lowest BCUT2D eigenvalue weighted by Gasteiger charge is -2.32. The van der Waals surface area contributed by atoms with Crippen LogP contribution in [0, 0.1) is 6.92 Å². The van der Waals surface area contributed by atoms with Gasteiger partial charge in [0, 0.05) is 44.4 Å². The lowest BCUT2D eigenvalue weighted by Crippen LogP contribution is -2.39. The fraction of sp³-hybridized carbons (Fsp3) is 0.600. The molecule has 2 aromatic rings. The van der Waals surface area contributed by atoms with E-state index in [1.54, 1.807) is 6.33 Å². The number of imidazole rings is 1. The Balaban J connectivity index is 1.79. The first-order chi connectivity index (χ1) is 10.8. The minimum Gasteiger partial charge on any atom is -0.378 e. The van der Waals surface area contributed by atoms with Crippen molar-refractivity contribution in [3.8, 4) is 0 Å². The number of aromatic nitrogens is 4. The molecule has 7 nitrogen and oxygen atoms in total. The highest BCUT2D eigenvalue weighted by Crippen LogP contribution is 2.35. The molecule has 1 saturated heterocycles. The van der Waals surface area contributed by atoms with Gasteiger partial charge in [-0.2, -0.15) is 5.10 Å². The topological polar surface area (TPSA) is 71.0 Å². The van der Waals surface area contributed by atoms with Crippen LogP contribution in [-0.4, -0.2) is 52.6 Å². The van der Waals surface area contributed by atoms with Crippen LogP contribution < -0.4 is 10.2 Å². The van der Waals surface area contributed by atoms with E-state index in [-0.39, 0.29) is 6.04 Å². The van der Waals surface area contributed by atoms with Gasteiger partial charge in [-0.3, -0.25) is 4.68 Å². The van der Waals surface area contributed by atoms with Crippen LogP contribution in [0.4, 0.5) is 5.82 Å². The molecule has 0 bridgehead atoms. The van der Waals surface area contributed by atoms with Gasteiger partial charge in [-0.15, -0.1) is 0 Å². The number of aromatic amines is 1. The van der Waals surface area contributed by atoms with Crippen molar-refractivity contribution in [1.82, 2.24) is 25.1 Å². The number of hydrogen-bond acceptors (Lipinski definition) is 5. The van der Waals surface area contributed by atoms with Crippen LogP contribution in [0.5, 0.6) is 0 Å². The molecule has 2 aromatic heterocycles. The van der Waals surface area contributed by atoms with Gasteiger partial charge in [-0.05, 0) is 6.92 Å². The molecule has 118 valence electrons. The summed E-state index contributed by atoms with van der Waals surface area (Å²) in [4.78, 5) is 10.2. The molecule has 4 heterocycles. The Morgan fingerprint density at radius 3 is 2.95 bits per heavy atom. The molecule has 0 aliphatic carbocycles. The Kier molecular flexibility index (Phi) is 3.38. The number of morpholine rings is 1. The molecule has 22 heavy (non-hydrogen) atoms. The number of fused-ring (bicyclic) bond motifs is 1. The second kappa shape index (κ2) is 5.40.